The molecule has 2 aromatic rings. The van der Waals surface area contributed by atoms with Crippen LogP contribution in [0.2, 0.25) is 0 Å². The molecule has 0 saturated carbocycles. The van der Waals surface area contributed by atoms with Crippen LogP contribution in [0.3, 0.4) is 0 Å². The number of hydrogen-bond donors (Lipinski definition) is 0. The van der Waals surface area contributed by atoms with Gasteiger partial charge in [-0.15, -0.1) is 0 Å². The van der Waals surface area contributed by atoms with Gasteiger partial charge in [0.25, 0.3) is 0 Å². The number of Topliss-reactive ketones (excluding diaryl/α,β-unsaturated/α-hetero) is 1. The number of carbonyl (C=O) groups is 1. The second-order valence-electron chi connectivity index (χ2n) is 5.52. The second kappa shape index (κ2) is 4.45. The van der Waals surface area contributed by atoms with Crippen molar-refractivity contribution in [2.75, 3.05) is 0 Å². The van der Waals surface area contributed by atoms with Crippen LogP contribution in [0.15, 0.2) is 40.8 Å². The Balaban J connectivity index is 2.53. The van der Waals surface area contributed by atoms with Crippen molar-refractivity contribution >= 4 is 5.78 Å². The number of rotatable bonds is 2. The molecule has 1 aromatic heterocycles. The molecule has 0 atom stereocenters. The molecule has 1 heterocycles. The van der Waals surface area contributed by atoms with E-state index in [0.717, 1.165) is 11.3 Å². The molecule has 2 heteroatoms. The monoisotopic (exact) mass is 242 g/mol. The molecule has 0 bridgehead atoms. The quantitative estimate of drug-likeness (QED) is 0.728. The van der Waals surface area contributed by atoms with E-state index in [1.165, 1.54) is 12.5 Å². The average Bonchev–Trinajstić information content (AvgIpc) is 2.77. The topological polar surface area (TPSA) is 30.2 Å². The summed E-state index contributed by atoms with van der Waals surface area (Å²) in [6.45, 7) is 8.01. The lowest BCUT2D eigenvalue weighted by Crippen LogP contribution is -2.12. The molecule has 0 spiro atoms. The van der Waals surface area contributed by atoms with Crippen molar-refractivity contribution in [1.82, 2.24) is 0 Å². The Morgan fingerprint density at radius 1 is 1.06 bits per heavy atom. The Labute approximate surface area is 108 Å². The molecule has 0 amide bonds. The van der Waals surface area contributed by atoms with Crippen molar-refractivity contribution in [1.29, 1.82) is 0 Å². The molecular formula is C16H18O2. The first-order valence-corrected chi connectivity index (χ1v) is 6.10. The maximum absolute atomic E-state index is 11.3. The number of carbonyl (C=O) groups excluding carboxylic acids is 1. The molecule has 0 fully saturated rings. The minimum absolute atomic E-state index is 0.0414. The van der Waals surface area contributed by atoms with Crippen LogP contribution in [0, 0.1) is 0 Å². The normalized spacial score (nSPS) is 11.6. The van der Waals surface area contributed by atoms with Gasteiger partial charge in [-0.25, -0.2) is 0 Å². The summed E-state index contributed by atoms with van der Waals surface area (Å²) in [6.07, 6.45) is 0. The average molecular weight is 242 g/mol. The minimum atomic E-state index is -0.0468. The molecule has 2 nitrogen and oxygen atoms in total. The Morgan fingerprint density at radius 2 is 1.72 bits per heavy atom. The second-order valence-corrected chi connectivity index (χ2v) is 5.52. The van der Waals surface area contributed by atoms with Gasteiger partial charge in [0.05, 0.1) is 0 Å². The molecule has 0 aliphatic rings. The van der Waals surface area contributed by atoms with E-state index in [4.69, 9.17) is 4.42 Å². The molecule has 0 aliphatic heterocycles. The van der Waals surface area contributed by atoms with Gasteiger partial charge in [0.2, 0.25) is 0 Å². The van der Waals surface area contributed by atoms with Crippen LogP contribution in [0.5, 0.6) is 0 Å². The summed E-state index contributed by atoms with van der Waals surface area (Å²) in [7, 11) is 0. The zero-order chi connectivity index (χ0) is 13.3. The third-order valence-electron chi connectivity index (χ3n) is 2.95. The predicted molar refractivity (Wildman–Crippen MR) is 72.8 cm³/mol. The fourth-order valence-electron chi connectivity index (χ4n) is 2.02. The highest BCUT2D eigenvalue weighted by atomic mass is 16.3. The smallest absolute Gasteiger partial charge is 0.194 e. The van der Waals surface area contributed by atoms with Crippen molar-refractivity contribution in [3.63, 3.8) is 0 Å². The van der Waals surface area contributed by atoms with Crippen LogP contribution in [-0.4, -0.2) is 5.78 Å². The highest BCUT2D eigenvalue weighted by Crippen LogP contribution is 2.33. The molecule has 0 saturated heterocycles. The van der Waals surface area contributed by atoms with E-state index in [9.17, 15) is 4.79 Å². The number of benzene rings is 1. The highest BCUT2D eigenvalue weighted by molar-refractivity contribution is 5.91. The molecule has 0 unspecified atom stereocenters. The lowest BCUT2D eigenvalue weighted by molar-refractivity contribution is 0.0988. The first-order valence-electron chi connectivity index (χ1n) is 6.10. The van der Waals surface area contributed by atoms with E-state index in [2.05, 4.69) is 26.8 Å². The summed E-state index contributed by atoms with van der Waals surface area (Å²) >= 11 is 0. The lowest BCUT2D eigenvalue weighted by Gasteiger charge is -2.21. The van der Waals surface area contributed by atoms with Gasteiger partial charge in [-0.05, 0) is 23.1 Å². The van der Waals surface area contributed by atoms with Crippen molar-refractivity contribution in [2.24, 2.45) is 0 Å². The van der Waals surface area contributed by atoms with E-state index in [-0.39, 0.29) is 11.2 Å². The summed E-state index contributed by atoms with van der Waals surface area (Å²) in [5.41, 5.74) is 2.31. The van der Waals surface area contributed by atoms with Gasteiger partial charge in [0.1, 0.15) is 5.76 Å². The maximum Gasteiger partial charge on any atom is 0.194 e. The maximum atomic E-state index is 11.3. The summed E-state index contributed by atoms with van der Waals surface area (Å²) in [4.78, 5) is 11.3. The molecule has 1 aromatic carbocycles. The van der Waals surface area contributed by atoms with Crippen LogP contribution < -0.4 is 0 Å². The number of ketones is 1. The predicted octanol–water partition coefficient (Wildman–Crippen LogP) is 4.45. The molecule has 0 aliphatic carbocycles. The molecule has 0 N–H and O–H groups in total. The van der Waals surface area contributed by atoms with Gasteiger partial charge in [-0.2, -0.15) is 0 Å². The molecule has 0 radical (unpaired) electrons. The Hall–Kier alpha value is -1.83. The van der Waals surface area contributed by atoms with Crippen LogP contribution in [0.4, 0.5) is 0 Å². The van der Waals surface area contributed by atoms with Crippen molar-refractivity contribution in [3.05, 3.63) is 47.7 Å². The standard InChI is InChI=1S/C16H18O2/c1-11(17)14-9-10-15(18-14)12-7-5-6-8-13(12)16(2,3)4/h5-10H,1-4H3. The molecular weight excluding hydrogens is 224 g/mol. The van der Waals surface area contributed by atoms with E-state index in [0.29, 0.717) is 5.76 Å². The highest BCUT2D eigenvalue weighted by Gasteiger charge is 2.20. The van der Waals surface area contributed by atoms with Crippen molar-refractivity contribution in [2.45, 2.75) is 33.1 Å². The van der Waals surface area contributed by atoms with Gasteiger partial charge < -0.3 is 4.42 Å². The summed E-state index contributed by atoms with van der Waals surface area (Å²) in [6, 6.07) is 11.7. The van der Waals surface area contributed by atoms with Gasteiger partial charge in [-0.3, -0.25) is 4.79 Å². The van der Waals surface area contributed by atoms with Crippen LogP contribution >= 0.6 is 0 Å². The van der Waals surface area contributed by atoms with Gasteiger partial charge in [-0.1, -0.05) is 45.0 Å². The Kier molecular flexibility index (Phi) is 3.12. The third kappa shape index (κ3) is 2.37. The zero-order valence-corrected chi connectivity index (χ0v) is 11.3. The van der Waals surface area contributed by atoms with Crippen LogP contribution in [0.1, 0.15) is 43.8 Å². The van der Waals surface area contributed by atoms with Gasteiger partial charge in [0, 0.05) is 12.5 Å². The molecule has 18 heavy (non-hydrogen) atoms. The third-order valence-corrected chi connectivity index (χ3v) is 2.95. The first kappa shape index (κ1) is 12.6. The van der Waals surface area contributed by atoms with E-state index < -0.39 is 0 Å². The first-order chi connectivity index (χ1) is 8.39. The minimum Gasteiger partial charge on any atom is -0.453 e. The van der Waals surface area contributed by atoms with Crippen molar-refractivity contribution in [3.8, 4) is 11.3 Å². The van der Waals surface area contributed by atoms with Gasteiger partial charge >= 0.3 is 0 Å². The molecule has 94 valence electrons. The Bertz CT molecular complexity index is 571. The SMILES string of the molecule is CC(=O)c1ccc(-c2ccccc2C(C)(C)C)o1. The lowest BCUT2D eigenvalue weighted by atomic mass is 9.83. The summed E-state index contributed by atoms with van der Waals surface area (Å²) in [5, 5.41) is 0. The fourth-order valence-corrected chi connectivity index (χ4v) is 2.02. The number of hydrogen-bond acceptors (Lipinski definition) is 2. The van der Waals surface area contributed by atoms with E-state index in [1.54, 1.807) is 6.07 Å². The zero-order valence-electron chi connectivity index (χ0n) is 11.3. The Morgan fingerprint density at radius 3 is 2.28 bits per heavy atom. The van der Waals surface area contributed by atoms with Gasteiger partial charge in [0.15, 0.2) is 11.5 Å². The van der Waals surface area contributed by atoms with Crippen molar-refractivity contribution < 1.29 is 9.21 Å². The van der Waals surface area contributed by atoms with E-state index >= 15 is 0 Å². The fraction of sp³-hybridized carbons (Fsp3) is 0.312. The summed E-state index contributed by atoms with van der Waals surface area (Å²) in [5.74, 6) is 1.12. The van der Waals surface area contributed by atoms with Crippen LogP contribution in [0.25, 0.3) is 11.3 Å². The molecule has 2 rings (SSSR count). The summed E-state index contributed by atoms with van der Waals surface area (Å²) < 4.78 is 5.62. The largest absolute Gasteiger partial charge is 0.453 e. The van der Waals surface area contributed by atoms with Crippen LogP contribution in [-0.2, 0) is 5.41 Å². The number of furan rings is 1. The van der Waals surface area contributed by atoms with E-state index in [1.807, 2.05) is 24.3 Å².